The number of hydrogen-bond acceptors (Lipinski definition) is 5. The second kappa shape index (κ2) is 9.07. The van der Waals surface area contributed by atoms with Crippen LogP contribution in [-0.2, 0) is 16.1 Å². The fraction of sp³-hybridized carbons (Fsp3) is 0.333. The first-order valence-electron chi connectivity index (χ1n) is 8.96. The van der Waals surface area contributed by atoms with Crippen LogP contribution in [0.15, 0.2) is 47.6 Å². The molecule has 0 heterocycles. The van der Waals surface area contributed by atoms with E-state index in [0.717, 1.165) is 19.3 Å². The lowest BCUT2D eigenvalue weighted by Gasteiger charge is -2.26. The quantitative estimate of drug-likeness (QED) is 0.602. The van der Waals surface area contributed by atoms with Gasteiger partial charge >= 0.3 is 0 Å². The Morgan fingerprint density at radius 1 is 1.22 bits per heavy atom. The largest absolute Gasteiger partial charge is 0.497 e. The molecule has 1 N–H and O–H groups in total. The minimum Gasteiger partial charge on any atom is -0.497 e. The van der Waals surface area contributed by atoms with Crippen molar-refractivity contribution in [3.05, 3.63) is 59.2 Å². The van der Waals surface area contributed by atoms with Gasteiger partial charge in [0.1, 0.15) is 11.5 Å². The summed E-state index contributed by atoms with van der Waals surface area (Å²) in [5.41, 5.74) is 3.21. The highest BCUT2D eigenvalue weighted by molar-refractivity contribution is 5.84. The number of carbonyl (C=O) groups is 1. The van der Waals surface area contributed by atoms with Crippen LogP contribution in [0.3, 0.4) is 0 Å². The topological polar surface area (TPSA) is 69.1 Å². The zero-order valence-corrected chi connectivity index (χ0v) is 15.6. The van der Waals surface area contributed by atoms with Crippen molar-refractivity contribution in [1.82, 2.24) is 5.32 Å². The Morgan fingerprint density at radius 3 is 2.89 bits per heavy atom. The Labute approximate surface area is 159 Å². The third kappa shape index (κ3) is 4.78. The molecule has 0 bridgehead atoms. The molecular weight excluding hydrogens is 344 g/mol. The zero-order valence-electron chi connectivity index (χ0n) is 15.6. The summed E-state index contributed by atoms with van der Waals surface area (Å²) in [5, 5.41) is 6.91. The van der Waals surface area contributed by atoms with Crippen molar-refractivity contribution in [3.8, 4) is 11.5 Å². The fourth-order valence-corrected chi connectivity index (χ4v) is 3.27. The van der Waals surface area contributed by atoms with Crippen LogP contribution < -0.4 is 14.8 Å². The molecule has 2 aromatic carbocycles. The average Bonchev–Trinajstić information content (AvgIpc) is 2.71. The van der Waals surface area contributed by atoms with E-state index >= 15 is 0 Å². The molecule has 0 aromatic heterocycles. The number of nitrogens with one attached hydrogen (secondary N) is 1. The number of hydrogen-bond donors (Lipinski definition) is 1. The summed E-state index contributed by atoms with van der Waals surface area (Å²) < 4.78 is 10.5. The van der Waals surface area contributed by atoms with Gasteiger partial charge in [0, 0.05) is 5.56 Å². The third-order valence-electron chi connectivity index (χ3n) is 4.60. The van der Waals surface area contributed by atoms with Gasteiger partial charge in [-0.15, -0.1) is 0 Å². The van der Waals surface area contributed by atoms with Crippen LogP contribution in [0.25, 0.3) is 0 Å². The van der Waals surface area contributed by atoms with Crippen LogP contribution in [-0.4, -0.2) is 32.9 Å². The van der Waals surface area contributed by atoms with Gasteiger partial charge in [-0.3, -0.25) is 4.79 Å². The molecule has 2 aromatic rings. The van der Waals surface area contributed by atoms with Gasteiger partial charge in [0.15, 0.2) is 6.61 Å². The summed E-state index contributed by atoms with van der Waals surface area (Å²) in [4.78, 5) is 17.4. The highest BCUT2D eigenvalue weighted by atomic mass is 16.6. The molecule has 142 valence electrons. The van der Waals surface area contributed by atoms with E-state index in [1.807, 2.05) is 12.1 Å². The molecule has 1 aliphatic carbocycles. The van der Waals surface area contributed by atoms with Crippen molar-refractivity contribution in [1.29, 1.82) is 0 Å². The normalized spacial score (nSPS) is 15.9. The monoisotopic (exact) mass is 368 g/mol. The Balaban J connectivity index is 1.54. The lowest BCUT2D eigenvalue weighted by molar-refractivity contribution is -0.126. The predicted molar refractivity (Wildman–Crippen MR) is 103 cm³/mol. The number of fused-ring (bicyclic) bond motifs is 1. The molecule has 0 saturated heterocycles. The van der Waals surface area contributed by atoms with Gasteiger partial charge in [0.25, 0.3) is 5.91 Å². The van der Waals surface area contributed by atoms with Crippen molar-refractivity contribution < 1.29 is 19.1 Å². The van der Waals surface area contributed by atoms with Crippen LogP contribution >= 0.6 is 0 Å². The molecule has 6 heteroatoms. The maximum absolute atomic E-state index is 12.2. The minimum atomic E-state index is -0.188. The molecule has 0 fully saturated rings. The van der Waals surface area contributed by atoms with Gasteiger partial charge in [-0.1, -0.05) is 29.4 Å². The molecule has 0 spiro atoms. The molecule has 0 aliphatic heterocycles. The lowest BCUT2D eigenvalue weighted by atomic mass is 9.88. The highest BCUT2D eigenvalue weighted by Gasteiger charge is 2.21. The second-order valence-corrected chi connectivity index (χ2v) is 6.33. The summed E-state index contributed by atoms with van der Waals surface area (Å²) in [6, 6.07) is 13.6. The van der Waals surface area contributed by atoms with E-state index < -0.39 is 0 Å². The van der Waals surface area contributed by atoms with Gasteiger partial charge in [-0.25, -0.2) is 0 Å². The summed E-state index contributed by atoms with van der Waals surface area (Å²) in [6.45, 7) is -0.137. The molecule has 27 heavy (non-hydrogen) atoms. The number of nitrogens with zero attached hydrogens (tertiary/aromatic N) is 1. The Kier molecular flexibility index (Phi) is 6.30. The van der Waals surface area contributed by atoms with Crippen LogP contribution in [0, 0.1) is 0 Å². The van der Waals surface area contributed by atoms with Crippen molar-refractivity contribution in [2.75, 3.05) is 20.8 Å². The summed E-state index contributed by atoms with van der Waals surface area (Å²) in [6.07, 6.45) is 4.57. The van der Waals surface area contributed by atoms with E-state index in [2.05, 4.69) is 22.6 Å². The van der Waals surface area contributed by atoms with Gasteiger partial charge in [0.05, 0.1) is 26.5 Å². The first kappa shape index (κ1) is 18.8. The smallest absolute Gasteiger partial charge is 0.261 e. The van der Waals surface area contributed by atoms with Crippen LogP contribution in [0.5, 0.6) is 11.5 Å². The molecule has 1 atom stereocenters. The molecule has 3 rings (SSSR count). The number of aryl methyl sites for hydroxylation is 1. The van der Waals surface area contributed by atoms with Crippen molar-refractivity contribution in [2.45, 2.75) is 25.3 Å². The summed E-state index contributed by atoms with van der Waals surface area (Å²) >= 11 is 0. The Bertz CT molecular complexity index is 820. The molecular formula is C21H24N2O4. The van der Waals surface area contributed by atoms with Gasteiger partial charge in [-0.2, -0.15) is 0 Å². The summed E-state index contributed by atoms with van der Waals surface area (Å²) in [5.74, 6) is 1.14. The molecule has 0 radical (unpaired) electrons. The SMILES string of the molecule is COc1ccc(OC)c(/C=N\OCC(=O)N[C@@H]2CCCc3ccccc32)c1. The third-order valence-corrected chi connectivity index (χ3v) is 4.60. The van der Waals surface area contributed by atoms with E-state index in [1.165, 1.54) is 17.3 Å². The highest BCUT2D eigenvalue weighted by Crippen LogP contribution is 2.29. The second-order valence-electron chi connectivity index (χ2n) is 6.33. The Hall–Kier alpha value is -3.02. The summed E-state index contributed by atoms with van der Waals surface area (Å²) in [7, 11) is 3.17. The van der Waals surface area contributed by atoms with Gasteiger partial charge < -0.3 is 19.6 Å². The Morgan fingerprint density at radius 2 is 2.07 bits per heavy atom. The average molecular weight is 368 g/mol. The van der Waals surface area contributed by atoms with Crippen LogP contribution in [0.1, 0.15) is 35.6 Å². The number of benzene rings is 2. The predicted octanol–water partition coefficient (Wildman–Crippen LogP) is 3.25. The standard InChI is InChI=1S/C21H24N2O4/c1-25-17-10-11-20(26-2)16(12-17)13-22-27-14-21(24)23-19-9-5-7-15-6-3-4-8-18(15)19/h3-4,6,8,10-13,19H,5,7,9,14H2,1-2H3,(H,23,24)/b22-13-/t19-/m1/s1. The van der Waals surface area contributed by atoms with Gasteiger partial charge in [-0.05, 0) is 48.6 Å². The number of methoxy groups -OCH3 is 2. The molecule has 6 nitrogen and oxygen atoms in total. The first-order valence-corrected chi connectivity index (χ1v) is 8.96. The number of amides is 1. The van der Waals surface area contributed by atoms with E-state index in [9.17, 15) is 4.79 Å². The van der Waals surface area contributed by atoms with Crippen molar-refractivity contribution >= 4 is 12.1 Å². The number of oxime groups is 1. The van der Waals surface area contributed by atoms with E-state index in [0.29, 0.717) is 17.1 Å². The fourth-order valence-electron chi connectivity index (χ4n) is 3.27. The zero-order chi connectivity index (χ0) is 19.1. The number of carbonyl (C=O) groups excluding carboxylic acids is 1. The van der Waals surface area contributed by atoms with Crippen molar-refractivity contribution in [3.63, 3.8) is 0 Å². The maximum Gasteiger partial charge on any atom is 0.261 e. The number of rotatable bonds is 7. The van der Waals surface area contributed by atoms with E-state index in [-0.39, 0.29) is 18.6 Å². The first-order chi connectivity index (χ1) is 13.2. The van der Waals surface area contributed by atoms with E-state index in [4.69, 9.17) is 14.3 Å². The van der Waals surface area contributed by atoms with E-state index in [1.54, 1.807) is 32.4 Å². The number of ether oxygens (including phenoxy) is 2. The molecule has 1 aliphatic rings. The maximum atomic E-state index is 12.2. The van der Waals surface area contributed by atoms with Crippen molar-refractivity contribution in [2.24, 2.45) is 5.16 Å². The van der Waals surface area contributed by atoms with Gasteiger partial charge in [0.2, 0.25) is 0 Å². The van der Waals surface area contributed by atoms with Crippen LogP contribution in [0.2, 0.25) is 0 Å². The molecule has 1 amide bonds. The minimum absolute atomic E-state index is 0.0357. The molecule has 0 saturated carbocycles. The molecule has 0 unspecified atom stereocenters. The van der Waals surface area contributed by atoms with Crippen LogP contribution in [0.4, 0.5) is 0 Å². The lowest BCUT2D eigenvalue weighted by Crippen LogP contribution is -2.33.